The van der Waals surface area contributed by atoms with Gasteiger partial charge in [0.2, 0.25) is 0 Å². The van der Waals surface area contributed by atoms with E-state index < -0.39 is 0 Å². The Bertz CT molecular complexity index is 106. The first-order valence-electron chi connectivity index (χ1n) is 4.67. The Hall–Kier alpha value is 0.250. The average molecular weight is 176 g/mol. The predicted molar refractivity (Wildman–Crippen MR) is 50.1 cm³/mol. The lowest BCUT2D eigenvalue weighted by Gasteiger charge is -2.25. The summed E-state index contributed by atoms with van der Waals surface area (Å²) >= 11 is 6.06. The van der Waals surface area contributed by atoms with Gasteiger partial charge in [0.1, 0.15) is 0 Å². The van der Waals surface area contributed by atoms with Crippen molar-refractivity contribution in [1.82, 2.24) is 5.32 Å². The zero-order valence-corrected chi connectivity index (χ0v) is 8.03. The molecule has 0 radical (unpaired) electrons. The van der Waals surface area contributed by atoms with Gasteiger partial charge in [-0.25, -0.2) is 0 Å². The number of hydrogen-bond acceptors (Lipinski definition) is 1. The van der Waals surface area contributed by atoms with E-state index in [9.17, 15) is 0 Å². The highest BCUT2D eigenvalue weighted by Crippen LogP contribution is 2.26. The van der Waals surface area contributed by atoms with Gasteiger partial charge in [0.15, 0.2) is 0 Å². The van der Waals surface area contributed by atoms with Gasteiger partial charge < -0.3 is 5.32 Å². The second-order valence-corrected chi connectivity index (χ2v) is 4.05. The summed E-state index contributed by atoms with van der Waals surface area (Å²) in [6.45, 7) is 4.41. The maximum atomic E-state index is 6.06. The molecule has 0 heterocycles. The summed E-state index contributed by atoms with van der Waals surface area (Å²) in [5.41, 5.74) is 0. The van der Waals surface area contributed by atoms with Crippen molar-refractivity contribution < 1.29 is 0 Å². The van der Waals surface area contributed by atoms with Crippen molar-refractivity contribution in [3.05, 3.63) is 0 Å². The van der Waals surface area contributed by atoms with Gasteiger partial charge in [-0.1, -0.05) is 13.3 Å². The molecule has 1 saturated carbocycles. The number of rotatable bonds is 3. The van der Waals surface area contributed by atoms with Crippen molar-refractivity contribution in [1.29, 1.82) is 0 Å². The Labute approximate surface area is 74.5 Å². The van der Waals surface area contributed by atoms with Crippen LogP contribution in [0, 0.1) is 5.92 Å². The van der Waals surface area contributed by atoms with Crippen LogP contribution in [0.4, 0.5) is 0 Å². The van der Waals surface area contributed by atoms with Crippen molar-refractivity contribution >= 4 is 11.6 Å². The van der Waals surface area contributed by atoms with Crippen LogP contribution >= 0.6 is 11.6 Å². The Balaban J connectivity index is 2.12. The molecule has 0 amide bonds. The number of hydrogen-bond donors (Lipinski definition) is 1. The molecule has 1 aliphatic rings. The summed E-state index contributed by atoms with van der Waals surface area (Å²) in [7, 11) is 0. The molecule has 1 aliphatic carbocycles. The van der Waals surface area contributed by atoms with Crippen LogP contribution in [-0.4, -0.2) is 18.5 Å². The molecule has 2 atom stereocenters. The molecule has 0 aromatic rings. The molecule has 0 spiro atoms. The minimum atomic E-state index is 0.451. The zero-order valence-electron chi connectivity index (χ0n) is 7.28. The van der Waals surface area contributed by atoms with Crippen molar-refractivity contribution in [2.75, 3.05) is 13.1 Å². The quantitative estimate of drug-likeness (QED) is 0.650. The lowest BCUT2D eigenvalue weighted by molar-refractivity contribution is 0.349. The van der Waals surface area contributed by atoms with Crippen LogP contribution in [0.5, 0.6) is 0 Å². The predicted octanol–water partition coefficient (Wildman–Crippen LogP) is 2.39. The van der Waals surface area contributed by atoms with Crippen LogP contribution in [0.25, 0.3) is 0 Å². The molecule has 2 unspecified atom stereocenters. The summed E-state index contributed by atoms with van der Waals surface area (Å²) in [5.74, 6) is 0.839. The van der Waals surface area contributed by atoms with Crippen molar-refractivity contribution in [3.63, 3.8) is 0 Å². The number of nitrogens with one attached hydrogen (secondary N) is 1. The van der Waals surface area contributed by atoms with Gasteiger partial charge in [-0.2, -0.15) is 0 Å². The van der Waals surface area contributed by atoms with Gasteiger partial charge >= 0.3 is 0 Å². The van der Waals surface area contributed by atoms with Gasteiger partial charge in [-0.05, 0) is 38.3 Å². The van der Waals surface area contributed by atoms with E-state index in [1.165, 1.54) is 32.2 Å². The van der Waals surface area contributed by atoms with Crippen LogP contribution in [0.15, 0.2) is 0 Å². The van der Waals surface area contributed by atoms with Gasteiger partial charge in [-0.3, -0.25) is 0 Å². The minimum Gasteiger partial charge on any atom is -0.317 e. The van der Waals surface area contributed by atoms with Crippen molar-refractivity contribution in [2.24, 2.45) is 5.92 Å². The fraction of sp³-hybridized carbons (Fsp3) is 1.00. The van der Waals surface area contributed by atoms with Crippen LogP contribution in [0.1, 0.15) is 32.6 Å². The molecule has 0 aromatic heterocycles. The topological polar surface area (TPSA) is 12.0 Å². The summed E-state index contributed by atoms with van der Waals surface area (Å²) in [5, 5.41) is 3.83. The van der Waals surface area contributed by atoms with Crippen LogP contribution in [0.2, 0.25) is 0 Å². The fourth-order valence-corrected chi connectivity index (χ4v) is 2.17. The third-order valence-electron chi connectivity index (χ3n) is 2.40. The molecule has 1 rings (SSSR count). The largest absolute Gasteiger partial charge is 0.317 e. The fourth-order valence-electron chi connectivity index (χ4n) is 1.76. The van der Waals surface area contributed by atoms with E-state index in [1.54, 1.807) is 0 Å². The Morgan fingerprint density at radius 3 is 2.91 bits per heavy atom. The lowest BCUT2D eigenvalue weighted by atomic mass is 9.89. The van der Waals surface area contributed by atoms with Crippen LogP contribution in [0.3, 0.4) is 0 Å². The summed E-state index contributed by atoms with van der Waals surface area (Å²) in [6, 6.07) is 0. The third kappa shape index (κ3) is 3.44. The Kier molecular flexibility index (Phi) is 4.24. The van der Waals surface area contributed by atoms with E-state index in [2.05, 4.69) is 12.2 Å². The van der Waals surface area contributed by atoms with Crippen LogP contribution < -0.4 is 5.32 Å². The molecule has 1 N–H and O–H groups in total. The zero-order chi connectivity index (χ0) is 8.10. The SMILES string of the molecule is CCNCC1CCCC(Cl)C1. The molecule has 2 heteroatoms. The Morgan fingerprint density at radius 2 is 2.27 bits per heavy atom. The highest BCUT2D eigenvalue weighted by Gasteiger charge is 2.19. The molecule has 0 aliphatic heterocycles. The third-order valence-corrected chi connectivity index (χ3v) is 2.80. The summed E-state index contributed by atoms with van der Waals surface area (Å²) in [6.07, 6.45) is 5.14. The first-order valence-corrected chi connectivity index (χ1v) is 5.11. The highest BCUT2D eigenvalue weighted by molar-refractivity contribution is 6.20. The Morgan fingerprint density at radius 1 is 1.45 bits per heavy atom. The molecular formula is C9H18ClN. The average Bonchev–Trinajstić information content (AvgIpc) is 2.01. The van der Waals surface area contributed by atoms with E-state index in [1.807, 2.05) is 0 Å². The summed E-state index contributed by atoms with van der Waals surface area (Å²) < 4.78 is 0. The first-order chi connectivity index (χ1) is 5.33. The maximum Gasteiger partial charge on any atom is 0.0339 e. The van der Waals surface area contributed by atoms with E-state index in [0.717, 1.165) is 12.5 Å². The van der Waals surface area contributed by atoms with E-state index in [0.29, 0.717) is 5.38 Å². The van der Waals surface area contributed by atoms with Gasteiger partial charge in [0.25, 0.3) is 0 Å². The molecule has 0 saturated heterocycles. The maximum absolute atomic E-state index is 6.06. The lowest BCUT2D eigenvalue weighted by Crippen LogP contribution is -2.27. The second kappa shape index (κ2) is 5.00. The smallest absolute Gasteiger partial charge is 0.0339 e. The number of alkyl halides is 1. The van der Waals surface area contributed by atoms with Gasteiger partial charge in [0.05, 0.1) is 0 Å². The summed E-state index contributed by atoms with van der Waals surface area (Å²) in [4.78, 5) is 0. The minimum absolute atomic E-state index is 0.451. The standard InChI is InChI=1S/C9H18ClN/c1-2-11-7-8-4-3-5-9(10)6-8/h8-9,11H,2-7H2,1H3. The molecule has 0 aromatic carbocycles. The molecule has 1 nitrogen and oxygen atoms in total. The highest BCUT2D eigenvalue weighted by atomic mass is 35.5. The number of halogens is 1. The monoisotopic (exact) mass is 175 g/mol. The molecule has 66 valence electrons. The molecule has 1 fully saturated rings. The van der Waals surface area contributed by atoms with E-state index >= 15 is 0 Å². The van der Waals surface area contributed by atoms with Gasteiger partial charge in [0, 0.05) is 5.38 Å². The molecule has 0 bridgehead atoms. The van der Waals surface area contributed by atoms with Crippen LogP contribution in [-0.2, 0) is 0 Å². The molecule has 11 heavy (non-hydrogen) atoms. The van der Waals surface area contributed by atoms with E-state index in [4.69, 9.17) is 11.6 Å². The van der Waals surface area contributed by atoms with Gasteiger partial charge in [-0.15, -0.1) is 11.6 Å². The van der Waals surface area contributed by atoms with E-state index in [-0.39, 0.29) is 0 Å². The van der Waals surface area contributed by atoms with Crippen molar-refractivity contribution in [2.45, 2.75) is 38.0 Å². The normalized spacial score (nSPS) is 32.2. The first kappa shape index (κ1) is 9.34. The second-order valence-electron chi connectivity index (χ2n) is 3.44. The molecular weight excluding hydrogens is 158 g/mol. The van der Waals surface area contributed by atoms with Crippen molar-refractivity contribution in [3.8, 4) is 0 Å².